The quantitative estimate of drug-likeness (QED) is 0.736. The van der Waals surface area contributed by atoms with Gasteiger partial charge in [-0.25, -0.2) is 0 Å². The first-order chi connectivity index (χ1) is 7.89. The van der Waals surface area contributed by atoms with Crippen molar-refractivity contribution in [2.75, 3.05) is 6.54 Å². The van der Waals surface area contributed by atoms with E-state index in [2.05, 4.69) is 50.1 Å². The summed E-state index contributed by atoms with van der Waals surface area (Å²) in [6.45, 7) is 8.44. The van der Waals surface area contributed by atoms with Gasteiger partial charge in [0, 0.05) is 12.5 Å². The van der Waals surface area contributed by atoms with Gasteiger partial charge >= 0.3 is 0 Å². The van der Waals surface area contributed by atoms with Crippen molar-refractivity contribution in [1.29, 1.82) is 0 Å². The zero-order valence-corrected chi connectivity index (χ0v) is 10.9. The Bertz CT molecular complexity index is 441. The van der Waals surface area contributed by atoms with E-state index in [0.717, 1.165) is 5.56 Å². The van der Waals surface area contributed by atoms with Crippen LogP contribution in [0.4, 0.5) is 0 Å². The molecule has 0 radical (unpaired) electrons. The van der Waals surface area contributed by atoms with E-state index in [9.17, 15) is 4.79 Å². The molecule has 2 heteroatoms. The van der Waals surface area contributed by atoms with E-state index in [0.29, 0.717) is 6.54 Å². The summed E-state index contributed by atoms with van der Waals surface area (Å²) < 4.78 is 0. The topological polar surface area (TPSA) is 29.1 Å². The van der Waals surface area contributed by atoms with Crippen LogP contribution < -0.4 is 5.32 Å². The highest BCUT2D eigenvalue weighted by Gasteiger charge is 2.12. The van der Waals surface area contributed by atoms with E-state index in [1.165, 1.54) is 12.5 Å². The maximum Gasteiger partial charge on any atom is 0.217 e. The maximum atomic E-state index is 10.6. The number of hydrogen-bond donors (Lipinski definition) is 1. The van der Waals surface area contributed by atoms with E-state index < -0.39 is 0 Å². The van der Waals surface area contributed by atoms with Crippen LogP contribution in [0.2, 0.25) is 0 Å². The van der Waals surface area contributed by atoms with E-state index in [1.807, 2.05) is 12.1 Å². The standard InChI is InChI=1S/C15H19NO/c1-12(17)16-11-5-6-13-7-9-14(10-8-13)15(2,3)4/h7-10H,11H2,1-4H3,(H,16,17). The number of hydrogen-bond acceptors (Lipinski definition) is 1. The summed E-state index contributed by atoms with van der Waals surface area (Å²) in [7, 11) is 0. The van der Waals surface area contributed by atoms with Crippen LogP contribution in [0.1, 0.15) is 38.8 Å². The number of carbonyl (C=O) groups excluding carboxylic acids is 1. The van der Waals surface area contributed by atoms with Gasteiger partial charge in [-0.15, -0.1) is 0 Å². The van der Waals surface area contributed by atoms with Crippen LogP contribution in [0.5, 0.6) is 0 Å². The molecule has 0 saturated carbocycles. The molecule has 0 fully saturated rings. The third kappa shape index (κ3) is 4.74. The minimum absolute atomic E-state index is 0.0534. The third-order valence-electron chi connectivity index (χ3n) is 2.41. The lowest BCUT2D eigenvalue weighted by molar-refractivity contribution is -0.118. The van der Waals surface area contributed by atoms with E-state index in [1.54, 1.807) is 0 Å². The number of amides is 1. The SMILES string of the molecule is CC(=O)NCC#Cc1ccc(C(C)(C)C)cc1. The highest BCUT2D eigenvalue weighted by atomic mass is 16.1. The fourth-order valence-electron chi connectivity index (χ4n) is 1.37. The number of rotatable bonds is 1. The lowest BCUT2D eigenvalue weighted by Crippen LogP contribution is -2.19. The third-order valence-corrected chi connectivity index (χ3v) is 2.41. The van der Waals surface area contributed by atoms with Gasteiger partial charge in [-0.1, -0.05) is 44.7 Å². The van der Waals surface area contributed by atoms with Crippen LogP contribution in [0.25, 0.3) is 0 Å². The van der Waals surface area contributed by atoms with Crippen molar-refractivity contribution >= 4 is 5.91 Å². The normalized spacial score (nSPS) is 10.4. The first-order valence-corrected chi connectivity index (χ1v) is 5.73. The van der Waals surface area contributed by atoms with Gasteiger partial charge < -0.3 is 5.32 Å². The molecule has 1 amide bonds. The van der Waals surface area contributed by atoms with Crippen LogP contribution >= 0.6 is 0 Å². The molecule has 0 aliphatic rings. The molecule has 1 N–H and O–H groups in total. The van der Waals surface area contributed by atoms with Crippen molar-refractivity contribution in [2.45, 2.75) is 33.1 Å². The van der Waals surface area contributed by atoms with Gasteiger partial charge in [-0.3, -0.25) is 4.79 Å². The molecule has 1 aromatic carbocycles. The van der Waals surface area contributed by atoms with Gasteiger partial charge in [0.2, 0.25) is 5.91 Å². The molecule has 0 aromatic heterocycles. The van der Waals surface area contributed by atoms with Crippen molar-refractivity contribution in [3.05, 3.63) is 35.4 Å². The Balaban J connectivity index is 2.66. The molecule has 0 heterocycles. The van der Waals surface area contributed by atoms with E-state index >= 15 is 0 Å². The summed E-state index contributed by atoms with van der Waals surface area (Å²) >= 11 is 0. The Labute approximate surface area is 103 Å². The van der Waals surface area contributed by atoms with Crippen LogP contribution in [-0.4, -0.2) is 12.5 Å². The molecular weight excluding hydrogens is 210 g/mol. The molecule has 1 rings (SSSR count). The second-order valence-electron chi connectivity index (χ2n) is 5.04. The summed E-state index contributed by atoms with van der Waals surface area (Å²) in [5, 5.41) is 2.64. The molecule has 90 valence electrons. The van der Waals surface area contributed by atoms with Gasteiger partial charge in [0.15, 0.2) is 0 Å². The van der Waals surface area contributed by atoms with E-state index in [4.69, 9.17) is 0 Å². The molecule has 0 bridgehead atoms. The summed E-state index contributed by atoms with van der Waals surface area (Å²) in [5.41, 5.74) is 2.44. The van der Waals surface area contributed by atoms with Crippen LogP contribution in [-0.2, 0) is 10.2 Å². The first-order valence-electron chi connectivity index (χ1n) is 5.73. The molecule has 1 aromatic rings. The molecule has 0 unspecified atom stereocenters. The zero-order valence-electron chi connectivity index (χ0n) is 10.9. The highest BCUT2D eigenvalue weighted by Crippen LogP contribution is 2.21. The van der Waals surface area contributed by atoms with Crippen molar-refractivity contribution in [1.82, 2.24) is 5.32 Å². The summed E-state index contributed by atoms with van der Waals surface area (Å²) in [6.07, 6.45) is 0. The van der Waals surface area contributed by atoms with Gasteiger partial charge in [0.1, 0.15) is 0 Å². The molecule has 0 spiro atoms. The Morgan fingerprint density at radius 3 is 2.29 bits per heavy atom. The maximum absolute atomic E-state index is 10.6. The Morgan fingerprint density at radius 2 is 1.82 bits per heavy atom. The van der Waals surface area contributed by atoms with Gasteiger partial charge in [-0.2, -0.15) is 0 Å². The van der Waals surface area contributed by atoms with Gasteiger partial charge in [0.25, 0.3) is 0 Å². The Morgan fingerprint density at radius 1 is 1.24 bits per heavy atom. The average molecular weight is 229 g/mol. The Kier molecular flexibility index (Phi) is 4.34. The first kappa shape index (κ1) is 13.3. The van der Waals surface area contributed by atoms with Crippen molar-refractivity contribution in [3.8, 4) is 11.8 Å². The van der Waals surface area contributed by atoms with Crippen molar-refractivity contribution in [2.24, 2.45) is 0 Å². The summed E-state index contributed by atoms with van der Waals surface area (Å²) in [5.74, 6) is 5.87. The largest absolute Gasteiger partial charge is 0.345 e. The molecule has 0 saturated heterocycles. The molecule has 17 heavy (non-hydrogen) atoms. The number of benzene rings is 1. The molecule has 0 aliphatic carbocycles. The molecule has 0 aliphatic heterocycles. The van der Waals surface area contributed by atoms with Crippen LogP contribution in [0.3, 0.4) is 0 Å². The summed E-state index contributed by atoms with van der Waals surface area (Å²) in [4.78, 5) is 10.6. The fourth-order valence-corrected chi connectivity index (χ4v) is 1.37. The summed E-state index contributed by atoms with van der Waals surface area (Å²) in [6, 6.07) is 8.23. The molecule has 2 nitrogen and oxygen atoms in total. The second kappa shape index (κ2) is 5.54. The van der Waals surface area contributed by atoms with Gasteiger partial charge in [0.05, 0.1) is 6.54 Å². The Hall–Kier alpha value is -1.75. The minimum Gasteiger partial charge on any atom is -0.345 e. The predicted molar refractivity (Wildman–Crippen MR) is 70.7 cm³/mol. The van der Waals surface area contributed by atoms with Crippen molar-refractivity contribution < 1.29 is 4.79 Å². The van der Waals surface area contributed by atoms with Crippen molar-refractivity contribution in [3.63, 3.8) is 0 Å². The monoisotopic (exact) mass is 229 g/mol. The second-order valence-corrected chi connectivity index (χ2v) is 5.04. The zero-order chi connectivity index (χ0) is 12.9. The fraction of sp³-hybridized carbons (Fsp3) is 0.400. The lowest BCUT2D eigenvalue weighted by Gasteiger charge is -2.18. The predicted octanol–water partition coefficient (Wildman–Crippen LogP) is 2.47. The van der Waals surface area contributed by atoms with Crippen LogP contribution in [0, 0.1) is 11.8 Å². The van der Waals surface area contributed by atoms with Gasteiger partial charge in [-0.05, 0) is 23.1 Å². The minimum atomic E-state index is -0.0534. The highest BCUT2D eigenvalue weighted by molar-refractivity contribution is 5.73. The lowest BCUT2D eigenvalue weighted by atomic mass is 9.87. The number of nitrogens with one attached hydrogen (secondary N) is 1. The molecular formula is C15H19NO. The molecule has 0 atom stereocenters. The van der Waals surface area contributed by atoms with Crippen LogP contribution in [0.15, 0.2) is 24.3 Å². The smallest absolute Gasteiger partial charge is 0.217 e. The number of carbonyl (C=O) groups is 1. The average Bonchev–Trinajstić information content (AvgIpc) is 2.23. The van der Waals surface area contributed by atoms with E-state index in [-0.39, 0.29) is 11.3 Å².